The fourth-order valence-electron chi connectivity index (χ4n) is 3.60. The van der Waals surface area contributed by atoms with Gasteiger partial charge < -0.3 is 9.47 Å². The first-order chi connectivity index (χ1) is 15.8. The fourth-order valence-corrected chi connectivity index (χ4v) is 3.60. The maximum Gasteiger partial charge on any atom is 0.337 e. The van der Waals surface area contributed by atoms with Gasteiger partial charge in [0.05, 0.1) is 19.3 Å². The van der Waals surface area contributed by atoms with E-state index < -0.39 is 23.5 Å². The summed E-state index contributed by atoms with van der Waals surface area (Å²) in [4.78, 5) is 24.8. The van der Waals surface area contributed by atoms with Crippen molar-refractivity contribution in [2.24, 2.45) is 0 Å². The van der Waals surface area contributed by atoms with E-state index in [1.54, 1.807) is 36.4 Å². The minimum Gasteiger partial charge on any atom is -0.494 e. The van der Waals surface area contributed by atoms with Gasteiger partial charge in [0.2, 0.25) is 0 Å². The molecule has 0 saturated carbocycles. The highest BCUT2D eigenvalue weighted by Gasteiger charge is 2.23. The van der Waals surface area contributed by atoms with Crippen LogP contribution in [0.2, 0.25) is 0 Å². The molecule has 0 aliphatic heterocycles. The van der Waals surface area contributed by atoms with Crippen LogP contribution in [0.1, 0.15) is 56.2 Å². The Morgan fingerprint density at radius 2 is 1.48 bits per heavy atom. The van der Waals surface area contributed by atoms with E-state index in [4.69, 9.17) is 4.74 Å². The molecule has 0 N–H and O–H groups in total. The molecule has 0 aromatic heterocycles. The van der Waals surface area contributed by atoms with Crippen LogP contribution in [0.3, 0.4) is 0 Å². The Morgan fingerprint density at radius 3 is 2.09 bits per heavy atom. The lowest BCUT2D eigenvalue weighted by molar-refractivity contribution is 0.0600. The van der Waals surface area contributed by atoms with E-state index in [9.17, 15) is 18.4 Å². The van der Waals surface area contributed by atoms with Crippen LogP contribution in [0.25, 0.3) is 0 Å². The largest absolute Gasteiger partial charge is 0.494 e. The zero-order valence-electron chi connectivity index (χ0n) is 18.9. The summed E-state index contributed by atoms with van der Waals surface area (Å²) in [5.74, 6) is -2.20. The average Bonchev–Trinajstić information content (AvgIpc) is 2.79. The van der Waals surface area contributed by atoms with Crippen molar-refractivity contribution in [1.82, 2.24) is 0 Å². The van der Waals surface area contributed by atoms with E-state index in [2.05, 4.69) is 4.74 Å². The molecule has 6 heteroatoms. The number of carbonyl (C=O) groups is 2. The molecule has 3 aromatic rings. The molecule has 0 radical (unpaired) electrons. The topological polar surface area (TPSA) is 52.6 Å². The molecule has 0 heterocycles. The molecule has 172 valence electrons. The summed E-state index contributed by atoms with van der Waals surface area (Å²) in [6.07, 6.45) is 0.840. The van der Waals surface area contributed by atoms with E-state index in [1.165, 1.54) is 19.2 Å². The number of carbonyl (C=O) groups excluding carboxylic acids is 2. The number of hydrogen-bond acceptors (Lipinski definition) is 4. The molecule has 0 fully saturated rings. The molecule has 3 rings (SSSR count). The van der Waals surface area contributed by atoms with Gasteiger partial charge in [-0.2, -0.15) is 0 Å². The number of rotatable bonds is 9. The van der Waals surface area contributed by atoms with E-state index in [-0.39, 0.29) is 5.78 Å². The number of benzene rings is 3. The molecule has 0 amide bonds. The molecule has 0 saturated heterocycles. The van der Waals surface area contributed by atoms with Crippen molar-refractivity contribution in [3.05, 3.63) is 100 Å². The van der Waals surface area contributed by atoms with E-state index >= 15 is 0 Å². The highest BCUT2D eigenvalue weighted by molar-refractivity contribution is 6.01. The molecule has 3 aromatic carbocycles. The monoisotopic (exact) mass is 452 g/mol. The number of aryl methyl sites for hydroxylation is 2. The second kappa shape index (κ2) is 10.9. The van der Waals surface area contributed by atoms with Crippen molar-refractivity contribution in [3.63, 3.8) is 0 Å². The van der Waals surface area contributed by atoms with Gasteiger partial charge in [-0.25, -0.2) is 13.6 Å². The normalized spacial score (nSPS) is 11.7. The minimum atomic E-state index is -0.718. The molecule has 0 aliphatic rings. The van der Waals surface area contributed by atoms with Crippen LogP contribution in [0, 0.1) is 25.5 Å². The second-order valence-electron chi connectivity index (χ2n) is 7.93. The first-order valence-electron chi connectivity index (χ1n) is 10.7. The van der Waals surface area contributed by atoms with Gasteiger partial charge in [0.15, 0.2) is 5.78 Å². The molecule has 0 bridgehead atoms. The molecular weight excluding hydrogens is 426 g/mol. The van der Waals surface area contributed by atoms with Crippen molar-refractivity contribution in [1.29, 1.82) is 0 Å². The Kier molecular flexibility index (Phi) is 7.93. The number of Topliss-reactive ketones (excluding diaryl/α,β-unsaturated/α-hetero) is 1. The number of hydrogen-bond donors (Lipinski definition) is 0. The third kappa shape index (κ3) is 6.25. The number of esters is 1. The number of ketones is 1. The van der Waals surface area contributed by atoms with Crippen LogP contribution < -0.4 is 4.74 Å². The smallest absolute Gasteiger partial charge is 0.337 e. The molecule has 0 spiro atoms. The van der Waals surface area contributed by atoms with Crippen LogP contribution in [0.4, 0.5) is 8.78 Å². The third-order valence-electron chi connectivity index (χ3n) is 5.58. The zero-order chi connectivity index (χ0) is 24.0. The maximum atomic E-state index is 13.9. The Morgan fingerprint density at radius 1 is 0.848 bits per heavy atom. The van der Waals surface area contributed by atoms with E-state index in [0.717, 1.165) is 17.2 Å². The van der Waals surface area contributed by atoms with Gasteiger partial charge in [0.25, 0.3) is 0 Å². The molecule has 0 aliphatic carbocycles. The molecule has 4 nitrogen and oxygen atoms in total. The molecular formula is C27H26F2O4. The molecule has 1 atom stereocenters. The first-order valence-corrected chi connectivity index (χ1v) is 10.7. The van der Waals surface area contributed by atoms with Crippen LogP contribution >= 0.6 is 0 Å². The van der Waals surface area contributed by atoms with Crippen molar-refractivity contribution in [2.45, 2.75) is 32.6 Å². The SMILES string of the molecule is COC(=O)c1ccc(OCCCC(C(=O)c2ccc(C)c(C)c2)c2cc(F)cc(F)c2)cc1. The van der Waals surface area contributed by atoms with E-state index in [1.807, 2.05) is 19.9 Å². The van der Waals surface area contributed by atoms with Gasteiger partial charge >= 0.3 is 5.97 Å². The van der Waals surface area contributed by atoms with Crippen molar-refractivity contribution >= 4 is 11.8 Å². The van der Waals surface area contributed by atoms with Gasteiger partial charge in [-0.3, -0.25) is 4.79 Å². The standard InChI is InChI=1S/C27H26F2O4/c1-17-6-7-20(13-18(17)2)26(30)25(21-14-22(28)16-23(29)15-21)5-4-12-33-24-10-8-19(9-11-24)27(31)32-3/h6-11,13-16,25H,4-5,12H2,1-3H3. The predicted molar refractivity (Wildman–Crippen MR) is 122 cm³/mol. The average molecular weight is 452 g/mol. The summed E-state index contributed by atoms with van der Waals surface area (Å²) in [7, 11) is 1.31. The number of ether oxygens (including phenoxy) is 2. The highest BCUT2D eigenvalue weighted by Crippen LogP contribution is 2.28. The van der Waals surface area contributed by atoms with Gasteiger partial charge in [-0.05, 0) is 85.8 Å². The maximum absolute atomic E-state index is 13.9. The molecule has 33 heavy (non-hydrogen) atoms. The quantitative estimate of drug-likeness (QED) is 0.221. The Hall–Kier alpha value is -3.54. The van der Waals surface area contributed by atoms with Gasteiger partial charge in [-0.15, -0.1) is 0 Å². The first kappa shape index (κ1) is 24.1. The van der Waals surface area contributed by atoms with Crippen LogP contribution in [-0.4, -0.2) is 25.5 Å². The lowest BCUT2D eigenvalue weighted by atomic mass is 9.86. The van der Waals surface area contributed by atoms with Gasteiger partial charge in [-0.1, -0.05) is 12.1 Å². The fraction of sp³-hybridized carbons (Fsp3) is 0.259. The van der Waals surface area contributed by atoms with Crippen LogP contribution in [0.5, 0.6) is 5.75 Å². The van der Waals surface area contributed by atoms with Crippen molar-refractivity contribution in [3.8, 4) is 5.75 Å². The second-order valence-corrected chi connectivity index (χ2v) is 7.93. The Balaban J connectivity index is 1.72. The van der Waals surface area contributed by atoms with Crippen LogP contribution in [0.15, 0.2) is 60.7 Å². The van der Waals surface area contributed by atoms with Gasteiger partial charge in [0.1, 0.15) is 17.4 Å². The summed E-state index contributed by atoms with van der Waals surface area (Å²) < 4.78 is 38.2. The Labute approximate surface area is 192 Å². The summed E-state index contributed by atoms with van der Waals surface area (Å²) in [5.41, 5.74) is 3.26. The molecule has 1 unspecified atom stereocenters. The summed E-state index contributed by atoms with van der Waals surface area (Å²) in [6, 6.07) is 15.1. The lowest BCUT2D eigenvalue weighted by Gasteiger charge is -2.18. The lowest BCUT2D eigenvalue weighted by Crippen LogP contribution is -2.15. The summed E-state index contributed by atoms with van der Waals surface area (Å²) in [6.45, 7) is 4.17. The predicted octanol–water partition coefficient (Wildman–Crippen LogP) is 6.19. The Bertz CT molecular complexity index is 1120. The van der Waals surface area contributed by atoms with Crippen molar-refractivity contribution in [2.75, 3.05) is 13.7 Å². The number of halogens is 2. The number of methoxy groups -OCH3 is 1. The zero-order valence-corrected chi connectivity index (χ0v) is 18.9. The third-order valence-corrected chi connectivity index (χ3v) is 5.58. The summed E-state index contributed by atoms with van der Waals surface area (Å²) >= 11 is 0. The van der Waals surface area contributed by atoms with E-state index in [0.29, 0.717) is 41.9 Å². The van der Waals surface area contributed by atoms with Crippen LogP contribution in [-0.2, 0) is 4.74 Å². The summed E-state index contributed by atoms with van der Waals surface area (Å²) in [5, 5.41) is 0. The minimum absolute atomic E-state index is 0.189. The van der Waals surface area contributed by atoms with Gasteiger partial charge in [0, 0.05) is 17.5 Å². The van der Waals surface area contributed by atoms with Crippen molar-refractivity contribution < 1.29 is 27.8 Å². The highest BCUT2D eigenvalue weighted by atomic mass is 19.1.